The first kappa shape index (κ1) is 22.3. The second-order valence-electron chi connectivity index (χ2n) is 9.58. The van der Waals surface area contributed by atoms with Crippen molar-refractivity contribution in [1.29, 1.82) is 0 Å². The highest BCUT2D eigenvalue weighted by Gasteiger charge is 2.13. The van der Waals surface area contributed by atoms with E-state index in [-0.39, 0.29) is 0 Å². The summed E-state index contributed by atoms with van der Waals surface area (Å²) >= 11 is 0. The van der Waals surface area contributed by atoms with Crippen LogP contribution in [-0.4, -0.2) is 4.98 Å². The Hall–Kier alpha value is -4.95. The topological polar surface area (TPSA) is 26.0 Å². The van der Waals surface area contributed by atoms with E-state index >= 15 is 0 Å². The van der Waals surface area contributed by atoms with Gasteiger partial charge in [0.05, 0.1) is 5.69 Å². The third-order valence-corrected chi connectivity index (χ3v) is 7.40. The number of furan rings is 1. The maximum absolute atomic E-state index is 6.03. The number of para-hydroxylation sites is 1. The third-order valence-electron chi connectivity index (χ3n) is 7.40. The number of rotatable bonds is 4. The molecule has 0 aliphatic carbocycles. The Morgan fingerprint density at radius 2 is 1.34 bits per heavy atom. The number of allylic oxidation sites excluding steroid dienone is 1. The van der Waals surface area contributed by atoms with Gasteiger partial charge in [0, 0.05) is 27.9 Å². The van der Waals surface area contributed by atoms with Crippen molar-refractivity contribution in [2.75, 3.05) is 0 Å². The van der Waals surface area contributed by atoms with Gasteiger partial charge in [-0.3, -0.25) is 4.98 Å². The Kier molecular flexibility index (Phi) is 5.19. The summed E-state index contributed by atoms with van der Waals surface area (Å²) in [6, 6.07) is 34.0. The number of aromatic nitrogens is 1. The van der Waals surface area contributed by atoms with Crippen LogP contribution in [0.25, 0.3) is 78.0 Å². The van der Waals surface area contributed by atoms with Crippen LogP contribution < -0.4 is 0 Å². The smallest absolute Gasteiger partial charge is 0.135 e. The van der Waals surface area contributed by atoms with Crippen LogP contribution in [0, 0.1) is 0 Å². The molecule has 7 aromatic rings. The zero-order valence-electron chi connectivity index (χ0n) is 21.1. The quantitative estimate of drug-likeness (QED) is 0.231. The van der Waals surface area contributed by atoms with Crippen molar-refractivity contribution in [3.63, 3.8) is 0 Å². The lowest BCUT2D eigenvalue weighted by atomic mass is 9.91. The van der Waals surface area contributed by atoms with E-state index in [0.717, 1.165) is 60.7 Å². The van der Waals surface area contributed by atoms with Gasteiger partial charge in [-0.2, -0.15) is 0 Å². The minimum absolute atomic E-state index is 0.906. The Balaban J connectivity index is 1.40. The SMILES string of the molecule is C=Cc1c(/C=C\C)c2ccccc2c2cnc(-c3cccc(-c4ccc5oc6ccccc6c5c4)c3)cc12. The maximum atomic E-state index is 6.03. The lowest BCUT2D eigenvalue weighted by Gasteiger charge is -2.14. The van der Waals surface area contributed by atoms with Crippen LogP contribution in [0.3, 0.4) is 0 Å². The summed E-state index contributed by atoms with van der Waals surface area (Å²) in [5.74, 6) is 0. The van der Waals surface area contributed by atoms with Gasteiger partial charge in [-0.25, -0.2) is 0 Å². The summed E-state index contributed by atoms with van der Waals surface area (Å²) in [6.45, 7) is 6.22. The van der Waals surface area contributed by atoms with E-state index in [1.54, 1.807) is 0 Å². The van der Waals surface area contributed by atoms with Gasteiger partial charge in [0.25, 0.3) is 0 Å². The molecule has 0 amide bonds. The molecule has 0 saturated carbocycles. The fraction of sp³-hybridized carbons (Fsp3) is 0.0278. The molecule has 0 saturated heterocycles. The largest absolute Gasteiger partial charge is 0.456 e. The molecule has 2 heteroatoms. The van der Waals surface area contributed by atoms with Crippen LogP contribution in [0.5, 0.6) is 0 Å². The van der Waals surface area contributed by atoms with Crippen molar-refractivity contribution in [2.24, 2.45) is 0 Å². The Bertz CT molecular complexity index is 2060. The normalized spacial score (nSPS) is 11.8. The zero-order chi connectivity index (χ0) is 25.6. The number of fused-ring (bicyclic) bond motifs is 6. The first-order valence-electron chi connectivity index (χ1n) is 12.9. The number of hydrogen-bond donors (Lipinski definition) is 0. The molecular weight excluding hydrogens is 462 g/mol. The molecule has 5 aromatic carbocycles. The third kappa shape index (κ3) is 3.46. The highest BCUT2D eigenvalue weighted by atomic mass is 16.3. The van der Waals surface area contributed by atoms with E-state index in [2.05, 4.69) is 111 Å². The van der Waals surface area contributed by atoms with Crippen molar-refractivity contribution < 1.29 is 4.42 Å². The highest BCUT2D eigenvalue weighted by molar-refractivity contribution is 6.15. The van der Waals surface area contributed by atoms with Gasteiger partial charge in [0.2, 0.25) is 0 Å². The van der Waals surface area contributed by atoms with E-state index in [4.69, 9.17) is 9.40 Å². The highest BCUT2D eigenvalue weighted by Crippen LogP contribution is 2.37. The maximum Gasteiger partial charge on any atom is 0.135 e. The summed E-state index contributed by atoms with van der Waals surface area (Å²) in [6.07, 6.45) is 8.24. The molecule has 0 radical (unpaired) electrons. The molecule has 2 aromatic heterocycles. The summed E-state index contributed by atoms with van der Waals surface area (Å²) in [4.78, 5) is 4.93. The molecule has 0 bridgehead atoms. The van der Waals surface area contributed by atoms with Crippen molar-refractivity contribution in [1.82, 2.24) is 4.98 Å². The predicted molar refractivity (Wildman–Crippen MR) is 162 cm³/mol. The van der Waals surface area contributed by atoms with E-state index < -0.39 is 0 Å². The lowest BCUT2D eigenvalue weighted by Crippen LogP contribution is -1.92. The Morgan fingerprint density at radius 3 is 2.18 bits per heavy atom. The van der Waals surface area contributed by atoms with E-state index in [9.17, 15) is 0 Å². The van der Waals surface area contributed by atoms with Crippen LogP contribution in [0.1, 0.15) is 18.1 Å². The zero-order valence-corrected chi connectivity index (χ0v) is 21.1. The first-order valence-corrected chi connectivity index (χ1v) is 12.9. The molecule has 38 heavy (non-hydrogen) atoms. The van der Waals surface area contributed by atoms with Gasteiger partial charge < -0.3 is 4.42 Å². The molecule has 0 fully saturated rings. The average molecular weight is 488 g/mol. The van der Waals surface area contributed by atoms with Gasteiger partial charge in [0.15, 0.2) is 0 Å². The summed E-state index contributed by atoms with van der Waals surface area (Å²) < 4.78 is 6.03. The van der Waals surface area contributed by atoms with Crippen LogP contribution in [0.15, 0.2) is 120 Å². The molecule has 0 spiro atoms. The Labute approximate surface area is 221 Å². The fourth-order valence-electron chi connectivity index (χ4n) is 5.62. The standard InChI is InChI=1S/C36H25NO/c1-3-10-27-26(4-2)31-21-34(37-22-33(31)29-14-6-5-13-28(27)29)25-12-9-11-23(19-25)24-17-18-36-32(20-24)30-15-7-8-16-35(30)38-36/h3-22H,2H2,1H3/b10-3-. The molecule has 2 heterocycles. The molecule has 0 unspecified atom stereocenters. The molecule has 180 valence electrons. The van der Waals surface area contributed by atoms with Crippen LogP contribution >= 0.6 is 0 Å². The van der Waals surface area contributed by atoms with Crippen LogP contribution in [-0.2, 0) is 0 Å². The van der Waals surface area contributed by atoms with E-state index in [0.29, 0.717) is 0 Å². The molecule has 0 atom stereocenters. The van der Waals surface area contributed by atoms with Gasteiger partial charge in [-0.05, 0) is 75.7 Å². The van der Waals surface area contributed by atoms with Crippen molar-refractivity contribution >= 4 is 55.6 Å². The van der Waals surface area contributed by atoms with Gasteiger partial charge in [-0.15, -0.1) is 0 Å². The van der Waals surface area contributed by atoms with Gasteiger partial charge in [-0.1, -0.05) is 91.5 Å². The van der Waals surface area contributed by atoms with Crippen molar-refractivity contribution in [3.8, 4) is 22.4 Å². The van der Waals surface area contributed by atoms with Crippen molar-refractivity contribution in [2.45, 2.75) is 6.92 Å². The van der Waals surface area contributed by atoms with Crippen LogP contribution in [0.2, 0.25) is 0 Å². The van der Waals surface area contributed by atoms with Gasteiger partial charge in [0.1, 0.15) is 11.2 Å². The average Bonchev–Trinajstić information content (AvgIpc) is 3.35. The van der Waals surface area contributed by atoms with Gasteiger partial charge >= 0.3 is 0 Å². The Morgan fingerprint density at radius 1 is 0.605 bits per heavy atom. The lowest BCUT2D eigenvalue weighted by molar-refractivity contribution is 0.669. The second-order valence-corrected chi connectivity index (χ2v) is 9.58. The number of pyridine rings is 1. The first-order chi connectivity index (χ1) is 18.7. The molecule has 2 nitrogen and oxygen atoms in total. The number of benzene rings is 5. The predicted octanol–water partition coefficient (Wildman–Crippen LogP) is 10.3. The molecule has 0 aliphatic heterocycles. The molecule has 0 aliphatic rings. The molecule has 0 N–H and O–H groups in total. The molecular formula is C36H25NO. The van der Waals surface area contributed by atoms with E-state index in [1.165, 1.54) is 16.3 Å². The van der Waals surface area contributed by atoms with Crippen molar-refractivity contribution in [3.05, 3.63) is 127 Å². The second kappa shape index (κ2) is 8.86. The monoisotopic (exact) mass is 487 g/mol. The number of nitrogens with zero attached hydrogens (tertiary/aromatic N) is 1. The summed E-state index contributed by atoms with van der Waals surface area (Å²) in [5.41, 5.74) is 8.47. The number of hydrogen-bond acceptors (Lipinski definition) is 2. The summed E-state index contributed by atoms with van der Waals surface area (Å²) in [7, 11) is 0. The minimum atomic E-state index is 0.906. The fourth-order valence-corrected chi connectivity index (χ4v) is 5.62. The summed E-state index contributed by atoms with van der Waals surface area (Å²) in [5, 5.41) is 6.99. The van der Waals surface area contributed by atoms with Crippen LogP contribution in [0.4, 0.5) is 0 Å². The molecule has 7 rings (SSSR count). The van der Waals surface area contributed by atoms with E-state index in [1.807, 2.05) is 24.4 Å². The minimum Gasteiger partial charge on any atom is -0.456 e.